The summed E-state index contributed by atoms with van der Waals surface area (Å²) in [6, 6.07) is 16.8. The third-order valence-corrected chi connectivity index (χ3v) is 3.92. The minimum absolute atomic E-state index is 0.552. The third-order valence-electron chi connectivity index (χ3n) is 3.51. The SMILES string of the molecule is Cc1c(Cl)cccc1Nc1cc(Nc2ccccc2C#N)ncn1. The molecule has 3 rings (SSSR count). The van der Waals surface area contributed by atoms with Gasteiger partial charge in [0.05, 0.1) is 11.3 Å². The highest BCUT2D eigenvalue weighted by atomic mass is 35.5. The first-order valence-corrected chi connectivity index (χ1v) is 7.65. The summed E-state index contributed by atoms with van der Waals surface area (Å²) in [5, 5.41) is 16.2. The lowest BCUT2D eigenvalue weighted by atomic mass is 10.2. The molecule has 2 N–H and O–H groups in total. The Bertz CT molecular complexity index is 917. The first kappa shape index (κ1) is 15.8. The highest BCUT2D eigenvalue weighted by Crippen LogP contribution is 2.26. The van der Waals surface area contributed by atoms with Crippen molar-refractivity contribution in [2.75, 3.05) is 10.6 Å². The summed E-state index contributed by atoms with van der Waals surface area (Å²) in [6.45, 7) is 1.94. The lowest BCUT2D eigenvalue weighted by molar-refractivity contribution is 1.16. The van der Waals surface area contributed by atoms with Gasteiger partial charge in [0.2, 0.25) is 0 Å². The standard InChI is InChI=1S/C18H14ClN5/c1-12-14(19)6-4-8-15(12)23-17-9-18(22-11-21-17)24-16-7-3-2-5-13(16)10-20/h2-9,11H,1H3,(H2,21,22,23,24). The van der Waals surface area contributed by atoms with E-state index in [9.17, 15) is 0 Å². The van der Waals surface area contributed by atoms with Gasteiger partial charge in [0.15, 0.2) is 0 Å². The highest BCUT2D eigenvalue weighted by molar-refractivity contribution is 6.31. The van der Waals surface area contributed by atoms with Gasteiger partial charge in [0, 0.05) is 16.8 Å². The van der Waals surface area contributed by atoms with Gasteiger partial charge >= 0.3 is 0 Å². The van der Waals surface area contributed by atoms with E-state index in [1.54, 1.807) is 12.1 Å². The van der Waals surface area contributed by atoms with Crippen LogP contribution in [-0.4, -0.2) is 9.97 Å². The Morgan fingerprint density at radius 3 is 2.38 bits per heavy atom. The third kappa shape index (κ3) is 3.45. The summed E-state index contributed by atoms with van der Waals surface area (Å²) in [4.78, 5) is 8.41. The van der Waals surface area contributed by atoms with Crippen LogP contribution in [0.3, 0.4) is 0 Å². The van der Waals surface area contributed by atoms with Crippen LogP contribution in [0.4, 0.5) is 23.0 Å². The maximum Gasteiger partial charge on any atom is 0.135 e. The molecule has 0 fully saturated rings. The normalized spacial score (nSPS) is 10.0. The van der Waals surface area contributed by atoms with Gasteiger partial charge in [0.25, 0.3) is 0 Å². The maximum atomic E-state index is 9.15. The predicted octanol–water partition coefficient (Wildman–Crippen LogP) is 4.80. The summed E-state index contributed by atoms with van der Waals surface area (Å²) < 4.78 is 0. The molecule has 0 aliphatic carbocycles. The molecule has 118 valence electrons. The van der Waals surface area contributed by atoms with E-state index in [4.69, 9.17) is 16.9 Å². The Hall–Kier alpha value is -3.10. The monoisotopic (exact) mass is 335 g/mol. The first-order chi connectivity index (χ1) is 11.7. The highest BCUT2D eigenvalue weighted by Gasteiger charge is 2.06. The predicted molar refractivity (Wildman–Crippen MR) is 95.9 cm³/mol. The van der Waals surface area contributed by atoms with Gasteiger partial charge in [-0.05, 0) is 36.8 Å². The molecule has 0 bridgehead atoms. The largest absolute Gasteiger partial charge is 0.340 e. The van der Waals surface area contributed by atoms with Crippen LogP contribution in [0.25, 0.3) is 0 Å². The van der Waals surface area contributed by atoms with Crippen LogP contribution in [0.1, 0.15) is 11.1 Å². The van der Waals surface area contributed by atoms with Gasteiger partial charge in [0.1, 0.15) is 24.0 Å². The molecular formula is C18H14ClN5. The number of anilines is 4. The molecule has 0 amide bonds. The minimum Gasteiger partial charge on any atom is -0.340 e. The molecule has 0 atom stereocenters. The summed E-state index contributed by atoms with van der Waals surface area (Å²) >= 11 is 6.14. The molecular weight excluding hydrogens is 322 g/mol. The van der Waals surface area contributed by atoms with Gasteiger partial charge in [-0.15, -0.1) is 0 Å². The Morgan fingerprint density at radius 1 is 0.958 bits per heavy atom. The number of nitrogens with zero attached hydrogens (tertiary/aromatic N) is 3. The van der Waals surface area contributed by atoms with Crippen molar-refractivity contribution in [3.63, 3.8) is 0 Å². The number of para-hydroxylation sites is 1. The fraction of sp³-hybridized carbons (Fsp3) is 0.0556. The van der Waals surface area contributed by atoms with Crippen molar-refractivity contribution in [1.29, 1.82) is 5.26 Å². The molecule has 0 radical (unpaired) electrons. The van der Waals surface area contributed by atoms with Gasteiger partial charge in [-0.1, -0.05) is 29.8 Å². The lowest BCUT2D eigenvalue weighted by Gasteiger charge is -2.11. The second-order valence-electron chi connectivity index (χ2n) is 5.11. The molecule has 0 aliphatic rings. The van der Waals surface area contributed by atoms with Crippen LogP contribution in [0.15, 0.2) is 54.9 Å². The summed E-state index contributed by atoms with van der Waals surface area (Å²) in [6.07, 6.45) is 1.46. The Morgan fingerprint density at radius 2 is 1.62 bits per heavy atom. The van der Waals surface area contributed by atoms with Gasteiger partial charge in [-0.3, -0.25) is 0 Å². The molecule has 1 aromatic heterocycles. The molecule has 6 heteroatoms. The average molecular weight is 336 g/mol. The van der Waals surface area contributed by atoms with Crippen molar-refractivity contribution >= 4 is 34.6 Å². The quantitative estimate of drug-likeness (QED) is 0.716. The molecule has 1 heterocycles. The minimum atomic E-state index is 0.552. The molecule has 0 spiro atoms. The maximum absolute atomic E-state index is 9.15. The zero-order valence-corrected chi connectivity index (χ0v) is 13.7. The van der Waals surface area contributed by atoms with E-state index in [-0.39, 0.29) is 0 Å². The van der Waals surface area contributed by atoms with Crippen LogP contribution < -0.4 is 10.6 Å². The Labute approximate surface area is 145 Å². The van der Waals surface area contributed by atoms with Crippen molar-refractivity contribution in [3.05, 3.63) is 71.0 Å². The van der Waals surface area contributed by atoms with E-state index in [0.717, 1.165) is 11.3 Å². The number of aromatic nitrogens is 2. The van der Waals surface area contributed by atoms with Crippen LogP contribution in [0.5, 0.6) is 0 Å². The molecule has 0 saturated carbocycles. The molecule has 0 saturated heterocycles. The van der Waals surface area contributed by atoms with Crippen molar-refractivity contribution in [3.8, 4) is 6.07 Å². The van der Waals surface area contributed by atoms with Gasteiger partial charge in [-0.25, -0.2) is 9.97 Å². The second kappa shape index (κ2) is 6.99. The van der Waals surface area contributed by atoms with E-state index in [2.05, 4.69) is 26.7 Å². The first-order valence-electron chi connectivity index (χ1n) is 7.27. The van der Waals surface area contributed by atoms with Crippen molar-refractivity contribution < 1.29 is 0 Å². The molecule has 0 aliphatic heterocycles. The zero-order valence-electron chi connectivity index (χ0n) is 12.9. The van der Waals surface area contributed by atoms with E-state index in [0.29, 0.717) is 27.9 Å². The van der Waals surface area contributed by atoms with Crippen molar-refractivity contribution in [1.82, 2.24) is 9.97 Å². The number of nitrogens with one attached hydrogen (secondary N) is 2. The van der Waals surface area contributed by atoms with Crippen molar-refractivity contribution in [2.24, 2.45) is 0 Å². The van der Waals surface area contributed by atoms with Crippen LogP contribution in [0.2, 0.25) is 5.02 Å². The van der Waals surface area contributed by atoms with E-state index in [1.807, 2.05) is 43.3 Å². The lowest BCUT2D eigenvalue weighted by Crippen LogP contribution is -2.00. The van der Waals surface area contributed by atoms with Crippen LogP contribution in [0, 0.1) is 18.3 Å². The second-order valence-corrected chi connectivity index (χ2v) is 5.52. The zero-order chi connectivity index (χ0) is 16.9. The topological polar surface area (TPSA) is 73.6 Å². The van der Waals surface area contributed by atoms with Crippen molar-refractivity contribution in [2.45, 2.75) is 6.92 Å². The Balaban J connectivity index is 1.84. The van der Waals surface area contributed by atoms with Crippen LogP contribution in [-0.2, 0) is 0 Å². The molecule has 3 aromatic rings. The summed E-state index contributed by atoms with van der Waals surface area (Å²) in [5.41, 5.74) is 3.08. The number of hydrogen-bond acceptors (Lipinski definition) is 5. The smallest absolute Gasteiger partial charge is 0.135 e. The number of nitriles is 1. The fourth-order valence-corrected chi connectivity index (χ4v) is 2.38. The molecule has 5 nitrogen and oxygen atoms in total. The molecule has 2 aromatic carbocycles. The van der Waals surface area contributed by atoms with Gasteiger partial charge in [-0.2, -0.15) is 5.26 Å². The van der Waals surface area contributed by atoms with E-state index >= 15 is 0 Å². The van der Waals surface area contributed by atoms with E-state index in [1.165, 1.54) is 6.33 Å². The number of halogens is 1. The fourth-order valence-electron chi connectivity index (χ4n) is 2.20. The number of benzene rings is 2. The summed E-state index contributed by atoms with van der Waals surface area (Å²) in [5.74, 6) is 1.22. The average Bonchev–Trinajstić information content (AvgIpc) is 2.60. The Kier molecular flexibility index (Phi) is 4.59. The van der Waals surface area contributed by atoms with Gasteiger partial charge < -0.3 is 10.6 Å². The molecule has 24 heavy (non-hydrogen) atoms. The summed E-state index contributed by atoms with van der Waals surface area (Å²) in [7, 11) is 0. The number of rotatable bonds is 4. The van der Waals surface area contributed by atoms with E-state index < -0.39 is 0 Å². The molecule has 0 unspecified atom stereocenters. The van der Waals surface area contributed by atoms with Crippen LogP contribution >= 0.6 is 11.6 Å². The number of hydrogen-bond donors (Lipinski definition) is 2.